The molecule has 0 saturated heterocycles. The molecule has 0 aliphatic heterocycles. The number of nitrogens with one attached hydrogen (secondary N) is 2. The molecule has 2 aliphatic carbocycles. The first-order valence-electron chi connectivity index (χ1n) is 8.91. The molecule has 0 aromatic carbocycles. The minimum atomic E-state index is -5.00. The topological polar surface area (TPSA) is 105 Å². The molecule has 5 unspecified atom stereocenters. The molecule has 0 amide bonds. The van der Waals surface area contributed by atoms with Crippen molar-refractivity contribution in [2.24, 2.45) is 8.73 Å². The summed E-state index contributed by atoms with van der Waals surface area (Å²) in [6, 6.07) is -2.34. The van der Waals surface area contributed by atoms with Gasteiger partial charge in [-0.05, 0) is 26.8 Å². The molecule has 1 fully saturated rings. The maximum absolute atomic E-state index is 12.9. The third-order valence-electron chi connectivity index (χ3n) is 4.64. The van der Waals surface area contributed by atoms with E-state index in [1.807, 2.05) is 0 Å². The second-order valence-corrected chi connectivity index (χ2v) is 10.2. The van der Waals surface area contributed by atoms with Gasteiger partial charge in [-0.25, -0.2) is 18.4 Å². The molecule has 0 radical (unpaired) electrons. The Morgan fingerprint density at radius 1 is 1.06 bits per heavy atom. The van der Waals surface area contributed by atoms with Gasteiger partial charge in [-0.1, -0.05) is 15.4 Å². The SMILES string of the molecule is C=[NH+]C1CCC([NH+]=C2C=CC(=C)C=C2N=S(=O)(OF)C(F)F)CC1N=S(=O)(OF)C(F)F. The lowest BCUT2D eigenvalue weighted by molar-refractivity contribution is -0.535. The average Bonchev–Trinajstić information content (AvgIpc) is 2.75. The quantitative estimate of drug-likeness (QED) is 0.369. The summed E-state index contributed by atoms with van der Waals surface area (Å²) in [5.74, 6) is -7.46. The molecule has 8 nitrogen and oxygen atoms in total. The van der Waals surface area contributed by atoms with Crippen molar-refractivity contribution < 1.29 is 53.8 Å². The fourth-order valence-corrected chi connectivity index (χ4v) is 4.50. The number of hydrogen-bond donors (Lipinski definition) is 2. The Hall–Kier alpha value is -2.04. The highest BCUT2D eigenvalue weighted by Crippen LogP contribution is 2.23. The van der Waals surface area contributed by atoms with Crippen LogP contribution in [0.25, 0.3) is 0 Å². The molecular formula is C16H20F6N4O4S2+2. The molecule has 2 aliphatic rings. The zero-order valence-electron chi connectivity index (χ0n) is 16.3. The standard InChI is InChI=1S/C16H18F6N4O4S2/c1-9-3-5-12(13(7-9)25-31(27,29-21)15(17)18)24-10-4-6-11(23-2)14(8-10)26-32(28,30-22)16(19)20/h3,5,7,10-11,14-16H,1-2,4,6,8H2/p+2. The van der Waals surface area contributed by atoms with Crippen molar-refractivity contribution >= 4 is 32.4 Å². The summed E-state index contributed by atoms with van der Waals surface area (Å²) in [4.78, 5) is 5.44. The molecule has 1 saturated carbocycles. The first kappa shape index (κ1) is 26.2. The molecular weight excluding hydrogens is 490 g/mol. The van der Waals surface area contributed by atoms with Crippen LogP contribution in [0.3, 0.4) is 0 Å². The van der Waals surface area contributed by atoms with Crippen LogP contribution in [0.1, 0.15) is 19.3 Å². The van der Waals surface area contributed by atoms with E-state index in [9.17, 15) is 35.0 Å². The zero-order valence-corrected chi connectivity index (χ0v) is 17.9. The van der Waals surface area contributed by atoms with Crippen molar-refractivity contribution in [2.45, 2.75) is 48.9 Å². The Balaban J connectivity index is 2.43. The Kier molecular flexibility index (Phi) is 8.78. The normalized spacial score (nSPS) is 28.9. The average molecular weight is 510 g/mol. The molecule has 32 heavy (non-hydrogen) atoms. The highest BCUT2D eigenvalue weighted by molar-refractivity contribution is 7.89. The lowest BCUT2D eigenvalue weighted by Gasteiger charge is -2.24. The number of rotatable bonds is 8. The highest BCUT2D eigenvalue weighted by atomic mass is 32.2. The van der Waals surface area contributed by atoms with Gasteiger partial charge in [0.1, 0.15) is 18.5 Å². The Labute approximate surface area is 180 Å². The third-order valence-corrected chi connectivity index (χ3v) is 6.92. The predicted molar refractivity (Wildman–Crippen MR) is 103 cm³/mol. The fourth-order valence-electron chi connectivity index (χ4n) is 3.12. The van der Waals surface area contributed by atoms with Crippen molar-refractivity contribution in [1.29, 1.82) is 0 Å². The van der Waals surface area contributed by atoms with Gasteiger partial charge in [-0.15, -0.1) is 0 Å². The second-order valence-electron chi connectivity index (χ2n) is 6.76. The fraction of sp³-hybridized carbons (Fsp3) is 0.500. The van der Waals surface area contributed by atoms with E-state index in [0.29, 0.717) is 6.42 Å². The van der Waals surface area contributed by atoms with Crippen LogP contribution >= 0.6 is 0 Å². The third kappa shape index (κ3) is 6.05. The predicted octanol–water partition coefficient (Wildman–Crippen LogP) is 0.602. The van der Waals surface area contributed by atoms with Crippen LogP contribution in [0.5, 0.6) is 0 Å². The van der Waals surface area contributed by atoms with Gasteiger partial charge in [0.15, 0.2) is 12.1 Å². The summed E-state index contributed by atoms with van der Waals surface area (Å²) >= 11 is 0. The van der Waals surface area contributed by atoms with Crippen molar-refractivity contribution in [3.05, 3.63) is 36.1 Å². The van der Waals surface area contributed by atoms with Crippen LogP contribution in [-0.2, 0) is 28.8 Å². The van der Waals surface area contributed by atoms with E-state index in [4.69, 9.17) is 0 Å². The molecule has 0 heterocycles. The molecule has 16 heteroatoms. The van der Waals surface area contributed by atoms with E-state index >= 15 is 0 Å². The number of alkyl halides is 4. The van der Waals surface area contributed by atoms with Crippen molar-refractivity contribution in [3.8, 4) is 0 Å². The van der Waals surface area contributed by atoms with Gasteiger partial charge in [0.2, 0.25) is 5.71 Å². The summed E-state index contributed by atoms with van der Waals surface area (Å²) < 4.78 is 113. The molecule has 2 rings (SSSR count). The largest absolute Gasteiger partial charge is 0.345 e. The first-order chi connectivity index (χ1) is 15.0. The molecule has 0 bridgehead atoms. The van der Waals surface area contributed by atoms with E-state index in [-0.39, 0.29) is 29.8 Å². The minimum Gasteiger partial charge on any atom is -0.249 e. The van der Waals surface area contributed by atoms with Crippen LogP contribution in [0, 0.1) is 0 Å². The number of hydrogen-bond acceptors (Lipinski definition) is 6. The lowest BCUT2D eigenvalue weighted by atomic mass is 9.87. The van der Waals surface area contributed by atoms with Crippen LogP contribution in [-0.4, -0.2) is 50.5 Å². The summed E-state index contributed by atoms with van der Waals surface area (Å²) in [6.07, 6.45) is 4.50. The summed E-state index contributed by atoms with van der Waals surface area (Å²) in [7, 11) is -9.91. The van der Waals surface area contributed by atoms with Crippen LogP contribution in [0.4, 0.5) is 26.6 Å². The molecule has 5 atom stereocenters. The number of nitrogens with zero attached hydrogens (tertiary/aromatic N) is 2. The van der Waals surface area contributed by atoms with E-state index in [1.54, 1.807) is 0 Å². The van der Waals surface area contributed by atoms with Crippen molar-refractivity contribution in [3.63, 3.8) is 0 Å². The Bertz CT molecular complexity index is 1070. The molecule has 180 valence electrons. The first-order valence-corrected chi connectivity index (χ1v) is 11.9. The van der Waals surface area contributed by atoms with Gasteiger partial charge < -0.3 is 0 Å². The lowest BCUT2D eigenvalue weighted by Crippen LogP contribution is -2.85. The van der Waals surface area contributed by atoms with Gasteiger partial charge in [0.05, 0.1) is 0 Å². The second kappa shape index (κ2) is 10.7. The van der Waals surface area contributed by atoms with Crippen LogP contribution < -0.4 is 9.98 Å². The van der Waals surface area contributed by atoms with Gasteiger partial charge in [0.25, 0.3) is 20.0 Å². The van der Waals surface area contributed by atoms with Gasteiger partial charge in [-0.3, -0.25) is 0 Å². The van der Waals surface area contributed by atoms with Crippen molar-refractivity contribution in [1.82, 2.24) is 0 Å². The maximum Gasteiger partial charge on any atom is 0.345 e. The Morgan fingerprint density at radius 2 is 1.69 bits per heavy atom. The van der Waals surface area contributed by atoms with Gasteiger partial charge >= 0.3 is 11.5 Å². The zero-order chi connectivity index (χ0) is 24.1. The molecule has 2 N–H and O–H groups in total. The summed E-state index contributed by atoms with van der Waals surface area (Å²) in [5.41, 5.74) is -0.0439. The summed E-state index contributed by atoms with van der Waals surface area (Å²) in [5, 5.41) is 0. The molecule has 0 aromatic rings. The monoisotopic (exact) mass is 510 g/mol. The van der Waals surface area contributed by atoms with E-state index < -0.39 is 49.7 Å². The van der Waals surface area contributed by atoms with Gasteiger partial charge in [0, 0.05) is 25.3 Å². The number of halogens is 6. The number of allylic oxidation sites excluding steroid dienone is 4. The van der Waals surface area contributed by atoms with E-state index in [2.05, 4.69) is 40.8 Å². The van der Waals surface area contributed by atoms with E-state index in [0.717, 1.165) is 6.08 Å². The minimum absolute atomic E-state index is 0.0314. The maximum atomic E-state index is 12.9. The smallest absolute Gasteiger partial charge is 0.249 e. The van der Waals surface area contributed by atoms with E-state index in [1.165, 1.54) is 12.2 Å². The molecule has 0 aromatic heterocycles. The van der Waals surface area contributed by atoms with Gasteiger partial charge in [-0.2, -0.15) is 26.3 Å². The Morgan fingerprint density at radius 3 is 2.22 bits per heavy atom. The van der Waals surface area contributed by atoms with Crippen LogP contribution in [0.15, 0.2) is 44.8 Å². The van der Waals surface area contributed by atoms with Crippen molar-refractivity contribution in [2.75, 3.05) is 0 Å². The molecule has 0 spiro atoms. The van der Waals surface area contributed by atoms with Crippen LogP contribution in [0.2, 0.25) is 0 Å². The summed E-state index contributed by atoms with van der Waals surface area (Å²) in [6.45, 7) is 7.02. The highest BCUT2D eigenvalue weighted by Gasteiger charge is 2.39.